The van der Waals surface area contributed by atoms with Gasteiger partial charge in [-0.2, -0.15) is 11.8 Å². The lowest BCUT2D eigenvalue weighted by molar-refractivity contribution is 0.00183. The second-order valence-electron chi connectivity index (χ2n) is 12.7. The molecule has 6 nitrogen and oxygen atoms in total. The van der Waals surface area contributed by atoms with Crippen molar-refractivity contribution in [3.05, 3.63) is 0 Å². The van der Waals surface area contributed by atoms with Crippen LogP contribution in [0, 0.1) is 11.8 Å². The van der Waals surface area contributed by atoms with E-state index in [1.165, 1.54) is 88.8 Å². The Morgan fingerprint density at radius 3 is 2.40 bits per heavy atom. The van der Waals surface area contributed by atoms with Gasteiger partial charge >= 0.3 is 14.6 Å². The quantitative estimate of drug-likeness (QED) is 0.307. The van der Waals surface area contributed by atoms with Crippen LogP contribution in [0.4, 0.5) is 4.79 Å². The Kier molecular flexibility index (Phi) is 9.91. The van der Waals surface area contributed by atoms with Crippen LogP contribution in [0.2, 0.25) is 12.6 Å². The SMILES string of the molecule is CC(C)(C)NC(=O)NCC1CC2CCN1CC2CCSCCC[Si]1(C)OC2CCCCCCC2O1. The zero-order valence-electron chi connectivity index (χ0n) is 22.8. The van der Waals surface area contributed by atoms with Crippen molar-refractivity contribution in [3.8, 4) is 0 Å². The van der Waals surface area contributed by atoms with Gasteiger partial charge in [0.05, 0.1) is 12.2 Å². The monoisotopic (exact) mass is 525 g/mol. The molecule has 2 N–H and O–H groups in total. The Hall–Kier alpha value is -0.283. The maximum Gasteiger partial charge on any atom is 0.335 e. The molecule has 35 heavy (non-hydrogen) atoms. The van der Waals surface area contributed by atoms with Crippen molar-refractivity contribution >= 4 is 26.4 Å². The van der Waals surface area contributed by atoms with Gasteiger partial charge in [-0.15, -0.1) is 0 Å². The van der Waals surface area contributed by atoms with Crippen molar-refractivity contribution in [2.24, 2.45) is 11.8 Å². The maximum atomic E-state index is 12.1. The number of carbonyl (C=O) groups excluding carboxylic acids is 1. The zero-order valence-corrected chi connectivity index (χ0v) is 24.6. The van der Waals surface area contributed by atoms with Crippen molar-refractivity contribution in [1.82, 2.24) is 15.5 Å². The lowest BCUT2D eigenvalue weighted by Gasteiger charge is -2.50. The fourth-order valence-corrected chi connectivity index (χ4v) is 10.9. The molecule has 8 heteroatoms. The summed E-state index contributed by atoms with van der Waals surface area (Å²) in [4.78, 5) is 14.8. The number of nitrogens with one attached hydrogen (secondary N) is 2. The van der Waals surface area contributed by atoms with Gasteiger partial charge in [0.2, 0.25) is 0 Å². The molecular weight excluding hydrogens is 474 g/mol. The van der Waals surface area contributed by atoms with Crippen LogP contribution in [-0.2, 0) is 8.85 Å². The van der Waals surface area contributed by atoms with Gasteiger partial charge in [-0.05, 0) is 102 Å². The lowest BCUT2D eigenvalue weighted by Crippen LogP contribution is -2.58. The van der Waals surface area contributed by atoms with Crippen LogP contribution in [0.3, 0.4) is 0 Å². The van der Waals surface area contributed by atoms with Gasteiger partial charge in [-0.3, -0.25) is 4.90 Å². The number of nitrogens with zero attached hydrogens (tertiary/aromatic N) is 1. The summed E-state index contributed by atoms with van der Waals surface area (Å²) in [5, 5.41) is 6.12. The Morgan fingerprint density at radius 2 is 1.77 bits per heavy atom. The zero-order chi connectivity index (χ0) is 24.9. The number of urea groups is 1. The van der Waals surface area contributed by atoms with Crippen LogP contribution >= 0.6 is 11.8 Å². The van der Waals surface area contributed by atoms with E-state index in [9.17, 15) is 4.79 Å². The molecule has 0 aromatic heterocycles. The second kappa shape index (κ2) is 12.5. The Labute approximate surface area is 219 Å². The van der Waals surface area contributed by atoms with Crippen LogP contribution in [0.15, 0.2) is 0 Å². The summed E-state index contributed by atoms with van der Waals surface area (Å²) in [6, 6.07) is 1.63. The van der Waals surface area contributed by atoms with Gasteiger partial charge in [0.1, 0.15) is 0 Å². The van der Waals surface area contributed by atoms with Gasteiger partial charge in [-0.25, -0.2) is 4.79 Å². The first kappa shape index (κ1) is 27.7. The predicted octanol–water partition coefficient (Wildman–Crippen LogP) is 5.52. The van der Waals surface area contributed by atoms with E-state index >= 15 is 0 Å². The predicted molar refractivity (Wildman–Crippen MR) is 148 cm³/mol. The van der Waals surface area contributed by atoms with E-state index in [4.69, 9.17) is 8.85 Å². The molecule has 202 valence electrons. The maximum absolute atomic E-state index is 12.1. The minimum Gasteiger partial charge on any atom is -0.389 e. The van der Waals surface area contributed by atoms with Crippen LogP contribution < -0.4 is 10.6 Å². The summed E-state index contributed by atoms with van der Waals surface area (Å²) in [5.41, 5.74) is -0.188. The van der Waals surface area contributed by atoms with Crippen molar-refractivity contribution < 1.29 is 13.6 Å². The molecule has 5 fully saturated rings. The Balaban J connectivity index is 1.08. The van der Waals surface area contributed by atoms with Crippen molar-refractivity contribution in [2.45, 2.75) is 121 Å². The number of thioether (sulfide) groups is 1. The van der Waals surface area contributed by atoms with E-state index in [0.29, 0.717) is 18.2 Å². The molecule has 1 aliphatic carbocycles. The van der Waals surface area contributed by atoms with Crippen molar-refractivity contribution in [2.75, 3.05) is 31.1 Å². The highest BCUT2D eigenvalue weighted by atomic mass is 32.2. The van der Waals surface area contributed by atoms with Crippen molar-refractivity contribution in [3.63, 3.8) is 0 Å². The first-order valence-corrected chi connectivity index (χ1v) is 18.1. The smallest absolute Gasteiger partial charge is 0.335 e. The highest BCUT2D eigenvalue weighted by Gasteiger charge is 2.46. The molecule has 5 aliphatic rings. The van der Waals surface area contributed by atoms with Crippen LogP contribution in [0.5, 0.6) is 0 Å². The summed E-state index contributed by atoms with van der Waals surface area (Å²) in [6.07, 6.45) is 13.7. The van der Waals surface area contributed by atoms with E-state index in [0.717, 1.165) is 24.4 Å². The number of rotatable bonds is 9. The third-order valence-electron chi connectivity index (χ3n) is 8.50. The van der Waals surface area contributed by atoms with Gasteiger partial charge < -0.3 is 19.5 Å². The second-order valence-corrected chi connectivity index (χ2v) is 17.2. The molecule has 0 spiro atoms. The number of hydrogen-bond acceptors (Lipinski definition) is 5. The first-order chi connectivity index (χ1) is 16.7. The Morgan fingerprint density at radius 1 is 1.06 bits per heavy atom. The minimum absolute atomic E-state index is 0.0387. The lowest BCUT2D eigenvalue weighted by atomic mass is 9.74. The van der Waals surface area contributed by atoms with Gasteiger partial charge in [-0.1, -0.05) is 25.7 Å². The molecule has 4 heterocycles. The number of piperidine rings is 3. The van der Waals surface area contributed by atoms with Crippen LogP contribution in [-0.4, -0.2) is 74.4 Å². The average Bonchev–Trinajstić information content (AvgIpc) is 3.09. The molecule has 0 aromatic rings. The molecule has 2 bridgehead atoms. The fourth-order valence-electron chi connectivity index (χ4n) is 6.69. The number of amides is 2. The largest absolute Gasteiger partial charge is 0.389 e. The first-order valence-electron chi connectivity index (χ1n) is 14.4. The van der Waals surface area contributed by atoms with E-state index in [1.54, 1.807) is 0 Å². The molecule has 4 aliphatic heterocycles. The molecule has 6 unspecified atom stereocenters. The molecule has 2 amide bonds. The van der Waals surface area contributed by atoms with E-state index in [2.05, 4.69) is 33.8 Å². The third-order valence-corrected chi connectivity index (χ3v) is 12.5. The average molecular weight is 526 g/mol. The summed E-state index contributed by atoms with van der Waals surface area (Å²) in [5.74, 6) is 4.18. The number of fused-ring (bicyclic) bond motifs is 4. The standard InChI is InChI=1S/C27H51N3O3SSi/c1-27(2,3)29-26(31)28-19-23-18-21-12-14-30(23)20-22(21)13-16-34-15-9-17-35(4)32-24-10-7-5-6-8-11-25(24)33-35/h21-25H,5-20H2,1-4H3,(H2,28,29,31). The van der Waals surface area contributed by atoms with E-state index in [1.807, 2.05) is 20.8 Å². The summed E-state index contributed by atoms with van der Waals surface area (Å²) < 4.78 is 13.1. The third kappa shape index (κ3) is 8.35. The summed E-state index contributed by atoms with van der Waals surface area (Å²) in [6.45, 7) is 11.6. The van der Waals surface area contributed by atoms with Crippen LogP contribution in [0.1, 0.15) is 85.0 Å². The highest BCUT2D eigenvalue weighted by Crippen LogP contribution is 2.39. The highest BCUT2D eigenvalue weighted by molar-refractivity contribution is 7.99. The van der Waals surface area contributed by atoms with E-state index in [-0.39, 0.29) is 11.6 Å². The molecule has 4 saturated heterocycles. The topological polar surface area (TPSA) is 62.8 Å². The minimum atomic E-state index is -1.95. The molecule has 6 atom stereocenters. The molecule has 5 rings (SSSR count). The fraction of sp³-hybridized carbons (Fsp3) is 0.963. The van der Waals surface area contributed by atoms with Gasteiger partial charge in [0.25, 0.3) is 0 Å². The van der Waals surface area contributed by atoms with Crippen LogP contribution in [0.25, 0.3) is 0 Å². The van der Waals surface area contributed by atoms with E-state index < -0.39 is 8.56 Å². The molecule has 0 aromatic carbocycles. The molecule has 1 saturated carbocycles. The molecule has 0 radical (unpaired) electrons. The summed E-state index contributed by atoms with van der Waals surface area (Å²) >= 11 is 2.14. The van der Waals surface area contributed by atoms with Crippen molar-refractivity contribution in [1.29, 1.82) is 0 Å². The normalized spacial score (nSPS) is 37.4. The number of hydrogen-bond donors (Lipinski definition) is 2. The van der Waals surface area contributed by atoms with Gasteiger partial charge in [0.15, 0.2) is 0 Å². The Bertz CT molecular complexity index is 675. The molecular formula is C27H51N3O3SSi. The summed E-state index contributed by atoms with van der Waals surface area (Å²) in [7, 11) is -1.95. The number of carbonyl (C=O) groups is 1. The van der Waals surface area contributed by atoms with Gasteiger partial charge in [0, 0.05) is 24.7 Å².